The van der Waals surface area contributed by atoms with Crippen molar-refractivity contribution in [1.29, 1.82) is 0 Å². The second-order valence-corrected chi connectivity index (χ2v) is 6.21. The van der Waals surface area contributed by atoms with Crippen molar-refractivity contribution < 1.29 is 9.21 Å². The normalized spacial score (nSPS) is 15.8. The molecule has 0 radical (unpaired) electrons. The number of piperazine rings is 1. The van der Waals surface area contributed by atoms with E-state index in [-0.39, 0.29) is 5.91 Å². The maximum Gasteiger partial charge on any atom is 0.223 e. The van der Waals surface area contributed by atoms with Crippen molar-refractivity contribution >= 4 is 12.0 Å². The van der Waals surface area contributed by atoms with Gasteiger partial charge in [-0.15, -0.1) is 10.2 Å². The Morgan fingerprint density at radius 1 is 1.16 bits per heavy atom. The molecule has 2 heterocycles. The Balaban J connectivity index is 1.37. The van der Waals surface area contributed by atoms with E-state index < -0.39 is 0 Å². The third-order valence-corrected chi connectivity index (χ3v) is 4.32. The molecular formula is C19H24N4O2. The fourth-order valence-corrected chi connectivity index (χ4v) is 2.89. The van der Waals surface area contributed by atoms with Crippen LogP contribution < -0.4 is 0 Å². The summed E-state index contributed by atoms with van der Waals surface area (Å²) in [5, 5.41) is 7.71. The lowest BCUT2D eigenvalue weighted by molar-refractivity contribution is -0.132. The zero-order valence-electron chi connectivity index (χ0n) is 14.6. The molecule has 3 rings (SSSR count). The minimum atomic E-state index is 0.162. The van der Waals surface area contributed by atoms with Crippen molar-refractivity contribution in [1.82, 2.24) is 20.0 Å². The number of aryl methyl sites for hydroxylation is 2. The van der Waals surface area contributed by atoms with Gasteiger partial charge >= 0.3 is 0 Å². The highest BCUT2D eigenvalue weighted by molar-refractivity contribution is 5.76. The monoisotopic (exact) mass is 340 g/mol. The van der Waals surface area contributed by atoms with E-state index in [1.165, 1.54) is 5.56 Å². The molecule has 25 heavy (non-hydrogen) atoms. The summed E-state index contributed by atoms with van der Waals surface area (Å²) in [6, 6.07) is 10.3. The van der Waals surface area contributed by atoms with Gasteiger partial charge in [-0.3, -0.25) is 9.69 Å². The van der Waals surface area contributed by atoms with Crippen LogP contribution in [-0.4, -0.2) is 58.6 Å². The van der Waals surface area contributed by atoms with Gasteiger partial charge in [0, 0.05) is 52.5 Å². The van der Waals surface area contributed by atoms with Gasteiger partial charge in [0.15, 0.2) is 0 Å². The highest BCUT2D eigenvalue weighted by atomic mass is 16.4. The summed E-state index contributed by atoms with van der Waals surface area (Å²) < 4.78 is 5.31. The molecule has 1 aromatic heterocycles. The van der Waals surface area contributed by atoms with E-state index in [0.717, 1.165) is 32.7 Å². The van der Waals surface area contributed by atoms with Crippen LogP contribution in [0.2, 0.25) is 0 Å². The van der Waals surface area contributed by atoms with Crippen LogP contribution in [0, 0.1) is 6.92 Å². The average molecular weight is 340 g/mol. The topological polar surface area (TPSA) is 62.5 Å². The van der Waals surface area contributed by atoms with E-state index in [1.54, 1.807) is 6.92 Å². The third-order valence-electron chi connectivity index (χ3n) is 4.32. The standard InChI is InChI=1S/C19H24N4O2/c1-16-20-21-18(25-16)9-10-19(24)23-14-12-22(13-15-23)11-5-8-17-6-3-2-4-7-17/h2-8H,9-15H2,1H3/b8-5+. The molecule has 0 atom stereocenters. The van der Waals surface area contributed by atoms with Gasteiger partial charge < -0.3 is 9.32 Å². The minimum Gasteiger partial charge on any atom is -0.426 e. The predicted octanol–water partition coefficient (Wildman–Crippen LogP) is 2.17. The van der Waals surface area contributed by atoms with Crippen LogP contribution in [0.4, 0.5) is 0 Å². The van der Waals surface area contributed by atoms with Crippen LogP contribution in [0.3, 0.4) is 0 Å². The van der Waals surface area contributed by atoms with Crippen LogP contribution >= 0.6 is 0 Å². The van der Waals surface area contributed by atoms with Gasteiger partial charge in [-0.25, -0.2) is 0 Å². The summed E-state index contributed by atoms with van der Waals surface area (Å²) >= 11 is 0. The molecule has 1 saturated heterocycles. The number of hydrogen-bond acceptors (Lipinski definition) is 5. The first-order valence-corrected chi connectivity index (χ1v) is 8.71. The van der Waals surface area contributed by atoms with Crippen molar-refractivity contribution in [2.45, 2.75) is 19.8 Å². The Hall–Kier alpha value is -2.47. The predicted molar refractivity (Wildman–Crippen MR) is 95.9 cm³/mol. The van der Waals surface area contributed by atoms with E-state index in [1.807, 2.05) is 23.1 Å². The molecule has 0 aliphatic carbocycles. The zero-order valence-corrected chi connectivity index (χ0v) is 14.6. The molecule has 6 nitrogen and oxygen atoms in total. The number of aromatic nitrogens is 2. The van der Waals surface area contributed by atoms with Crippen molar-refractivity contribution in [3.05, 3.63) is 53.8 Å². The molecule has 0 spiro atoms. The Morgan fingerprint density at radius 3 is 2.60 bits per heavy atom. The first kappa shape index (κ1) is 17.4. The van der Waals surface area contributed by atoms with Gasteiger partial charge in [-0.05, 0) is 5.56 Å². The Bertz CT molecular complexity index is 703. The molecule has 132 valence electrons. The Morgan fingerprint density at radius 2 is 1.92 bits per heavy atom. The van der Waals surface area contributed by atoms with Gasteiger partial charge in [-0.1, -0.05) is 42.5 Å². The number of rotatable bonds is 6. The molecule has 0 saturated carbocycles. The lowest BCUT2D eigenvalue weighted by Crippen LogP contribution is -2.48. The van der Waals surface area contributed by atoms with E-state index in [9.17, 15) is 4.79 Å². The summed E-state index contributed by atoms with van der Waals surface area (Å²) in [6.45, 7) is 6.04. The molecule has 0 unspecified atom stereocenters. The molecule has 1 aliphatic heterocycles. The quantitative estimate of drug-likeness (QED) is 0.806. The third kappa shape index (κ3) is 5.26. The second-order valence-electron chi connectivity index (χ2n) is 6.21. The van der Waals surface area contributed by atoms with E-state index in [4.69, 9.17) is 4.42 Å². The molecular weight excluding hydrogens is 316 g/mol. The van der Waals surface area contributed by atoms with Crippen LogP contribution in [-0.2, 0) is 11.2 Å². The largest absolute Gasteiger partial charge is 0.426 e. The zero-order chi connectivity index (χ0) is 17.5. The Kier molecular flexibility index (Phi) is 5.95. The second kappa shape index (κ2) is 8.58. The van der Waals surface area contributed by atoms with E-state index >= 15 is 0 Å². The van der Waals surface area contributed by atoms with Gasteiger partial charge in [0.2, 0.25) is 17.7 Å². The molecule has 0 bridgehead atoms. The number of amides is 1. The summed E-state index contributed by atoms with van der Waals surface area (Å²) in [5.74, 6) is 1.24. The molecule has 6 heteroatoms. The fraction of sp³-hybridized carbons (Fsp3) is 0.421. The molecule has 1 aliphatic rings. The number of nitrogens with zero attached hydrogens (tertiary/aromatic N) is 4. The maximum atomic E-state index is 12.3. The van der Waals surface area contributed by atoms with Crippen molar-refractivity contribution in [2.24, 2.45) is 0 Å². The van der Waals surface area contributed by atoms with Crippen LogP contribution in [0.1, 0.15) is 23.8 Å². The first-order valence-electron chi connectivity index (χ1n) is 8.71. The van der Waals surface area contributed by atoms with Gasteiger partial charge in [0.25, 0.3) is 0 Å². The fourth-order valence-electron chi connectivity index (χ4n) is 2.89. The van der Waals surface area contributed by atoms with Crippen LogP contribution in [0.5, 0.6) is 0 Å². The number of carbonyl (C=O) groups excluding carboxylic acids is 1. The SMILES string of the molecule is Cc1nnc(CCC(=O)N2CCN(C/C=C/c3ccccc3)CC2)o1. The first-order chi connectivity index (χ1) is 12.2. The number of carbonyl (C=O) groups is 1. The lowest BCUT2D eigenvalue weighted by Gasteiger charge is -2.34. The summed E-state index contributed by atoms with van der Waals surface area (Å²) in [5.41, 5.74) is 1.22. The molecule has 1 fully saturated rings. The molecule has 1 aromatic carbocycles. The highest BCUT2D eigenvalue weighted by Crippen LogP contribution is 2.08. The van der Waals surface area contributed by atoms with Gasteiger partial charge in [0.1, 0.15) is 0 Å². The van der Waals surface area contributed by atoms with Crippen LogP contribution in [0.25, 0.3) is 6.08 Å². The van der Waals surface area contributed by atoms with E-state index in [2.05, 4.69) is 39.4 Å². The number of hydrogen-bond donors (Lipinski definition) is 0. The summed E-state index contributed by atoms with van der Waals surface area (Å²) in [7, 11) is 0. The molecule has 2 aromatic rings. The molecule has 0 N–H and O–H groups in total. The Labute approximate surface area is 148 Å². The highest BCUT2D eigenvalue weighted by Gasteiger charge is 2.20. The summed E-state index contributed by atoms with van der Waals surface area (Å²) in [4.78, 5) is 16.6. The number of benzene rings is 1. The summed E-state index contributed by atoms with van der Waals surface area (Å²) in [6.07, 6.45) is 5.27. The lowest BCUT2D eigenvalue weighted by atomic mass is 10.2. The van der Waals surface area contributed by atoms with E-state index in [0.29, 0.717) is 24.6 Å². The molecule has 1 amide bonds. The van der Waals surface area contributed by atoms with Crippen molar-refractivity contribution in [3.8, 4) is 0 Å². The average Bonchev–Trinajstić information content (AvgIpc) is 3.06. The maximum absolute atomic E-state index is 12.3. The van der Waals surface area contributed by atoms with Gasteiger partial charge in [0.05, 0.1) is 0 Å². The van der Waals surface area contributed by atoms with Crippen molar-refractivity contribution in [2.75, 3.05) is 32.7 Å². The smallest absolute Gasteiger partial charge is 0.223 e. The van der Waals surface area contributed by atoms with Gasteiger partial charge in [-0.2, -0.15) is 0 Å². The van der Waals surface area contributed by atoms with Crippen molar-refractivity contribution in [3.63, 3.8) is 0 Å². The minimum absolute atomic E-state index is 0.162. The van der Waals surface area contributed by atoms with Crippen LogP contribution in [0.15, 0.2) is 40.8 Å².